The summed E-state index contributed by atoms with van der Waals surface area (Å²) in [5.74, 6) is -4.62. The van der Waals surface area contributed by atoms with Crippen molar-refractivity contribution in [2.75, 3.05) is 21.3 Å². The minimum absolute atomic E-state index is 0.0449. The number of nitrogens with one attached hydrogen (secondary N) is 4. The molecule has 14 nitrogen and oxygen atoms in total. The number of hydrogen-bond donors (Lipinski definition) is 4. The summed E-state index contributed by atoms with van der Waals surface area (Å²) in [5.41, 5.74) is 0.238. The molecule has 2 atom stereocenters. The van der Waals surface area contributed by atoms with E-state index < -0.39 is 47.3 Å². The van der Waals surface area contributed by atoms with Crippen molar-refractivity contribution in [3.05, 3.63) is 136 Å². The van der Waals surface area contributed by atoms with Gasteiger partial charge in [-0.25, -0.2) is 0 Å². The summed E-state index contributed by atoms with van der Waals surface area (Å²) in [6, 6.07) is 16.4. The van der Waals surface area contributed by atoms with Gasteiger partial charge in [0.15, 0.2) is 11.6 Å². The second-order valence-corrected chi connectivity index (χ2v) is 15.9. The van der Waals surface area contributed by atoms with Crippen LogP contribution in [0.25, 0.3) is 0 Å². The number of amides is 4. The number of benzene rings is 5. The van der Waals surface area contributed by atoms with Gasteiger partial charge in [0.2, 0.25) is 12.1 Å². The summed E-state index contributed by atoms with van der Waals surface area (Å²) in [7, 11) is 0. The van der Waals surface area contributed by atoms with Crippen LogP contribution in [0.1, 0.15) is 34.6 Å². The molecule has 0 aliphatic heterocycles. The maximum atomic E-state index is 13.3. The predicted molar refractivity (Wildman–Crippen MR) is 243 cm³/mol. The molecule has 62 heavy (non-hydrogen) atoms. The molecule has 5 aromatic carbocycles. The first kappa shape index (κ1) is 47.9. The second kappa shape index (κ2) is 21.3. The van der Waals surface area contributed by atoms with Crippen LogP contribution >= 0.6 is 92.8 Å². The molecule has 5 aromatic rings. The number of para-hydroxylation sites is 2. The van der Waals surface area contributed by atoms with E-state index in [1.54, 1.807) is 36.4 Å². The number of anilines is 4. The normalized spacial score (nSPS) is 12.2. The lowest BCUT2D eigenvalue weighted by Crippen LogP contribution is -2.32. The van der Waals surface area contributed by atoms with Crippen molar-refractivity contribution in [2.24, 2.45) is 20.5 Å². The van der Waals surface area contributed by atoms with Gasteiger partial charge in [-0.1, -0.05) is 105 Å². The topological polar surface area (TPSA) is 200 Å². The highest BCUT2D eigenvalue weighted by atomic mass is 35.5. The predicted octanol–water partition coefficient (Wildman–Crippen LogP) is 12.8. The Morgan fingerprint density at radius 2 is 0.774 bits per heavy atom. The van der Waals surface area contributed by atoms with Crippen LogP contribution in [0.5, 0.6) is 0 Å². The van der Waals surface area contributed by atoms with Crippen LogP contribution in [-0.2, 0) is 19.2 Å². The molecule has 0 radical (unpaired) electrons. The summed E-state index contributed by atoms with van der Waals surface area (Å²) in [5, 5.41) is 26.3. The molecule has 0 aromatic heterocycles. The van der Waals surface area contributed by atoms with E-state index in [0.29, 0.717) is 0 Å². The lowest BCUT2D eigenvalue weighted by atomic mass is 10.1. The van der Waals surface area contributed by atoms with E-state index >= 15 is 0 Å². The van der Waals surface area contributed by atoms with E-state index in [1.807, 2.05) is 0 Å². The maximum absolute atomic E-state index is 13.3. The molecule has 4 amide bonds. The van der Waals surface area contributed by atoms with Gasteiger partial charge < -0.3 is 21.3 Å². The lowest BCUT2D eigenvalue weighted by molar-refractivity contribution is -0.127. The van der Waals surface area contributed by atoms with E-state index in [1.165, 1.54) is 48.5 Å². The number of ketones is 2. The molecule has 22 heteroatoms. The van der Waals surface area contributed by atoms with E-state index in [4.69, 9.17) is 92.8 Å². The van der Waals surface area contributed by atoms with Gasteiger partial charge in [0, 0.05) is 11.1 Å². The van der Waals surface area contributed by atoms with Crippen molar-refractivity contribution in [2.45, 2.75) is 25.9 Å². The number of hydrogen-bond acceptors (Lipinski definition) is 10. The number of nitrogens with zero attached hydrogens (tertiary/aromatic N) is 4. The Labute approximate surface area is 392 Å². The van der Waals surface area contributed by atoms with Crippen LogP contribution in [0.4, 0.5) is 34.1 Å². The third kappa shape index (κ3) is 12.1. The number of carbonyl (C=O) groups is 6. The summed E-state index contributed by atoms with van der Waals surface area (Å²) < 4.78 is 0. The zero-order chi connectivity index (χ0) is 45.4. The van der Waals surface area contributed by atoms with Crippen LogP contribution in [0.2, 0.25) is 40.2 Å². The van der Waals surface area contributed by atoms with Crippen LogP contribution < -0.4 is 21.3 Å². The molecule has 0 fully saturated rings. The minimum atomic E-state index is -1.72. The first-order valence-corrected chi connectivity index (χ1v) is 20.4. The summed E-state index contributed by atoms with van der Waals surface area (Å²) in [6.07, 6.45) is 0. The average Bonchev–Trinajstić information content (AvgIpc) is 3.20. The minimum Gasteiger partial charge on any atom is -0.322 e. The SMILES string of the molecule is CC(=O)C(N=Nc1cc(C(=O)Nc2c(Cl)cccc2Cl)ccc1Cl)C(=O)Nc1cc(Cl)c(NC(=O)C(N=Nc2cc(C(=O)Nc3c(Cl)cccc3Cl)ccc2Cl)C(C)=O)cc1Cl. The number of carbonyl (C=O) groups excluding carboxylic acids is 6. The Morgan fingerprint density at radius 3 is 1.10 bits per heavy atom. The fraction of sp³-hybridized carbons (Fsp3) is 0.100. The van der Waals surface area contributed by atoms with Crippen LogP contribution in [-0.4, -0.2) is 47.3 Å². The Morgan fingerprint density at radius 1 is 0.435 bits per heavy atom. The average molecular weight is 998 g/mol. The van der Waals surface area contributed by atoms with Gasteiger partial charge in [-0.2, -0.15) is 20.5 Å². The van der Waals surface area contributed by atoms with Crippen molar-refractivity contribution in [3.63, 3.8) is 0 Å². The monoisotopic (exact) mass is 994 g/mol. The summed E-state index contributed by atoms with van der Waals surface area (Å²) in [6.45, 7) is 2.19. The highest BCUT2D eigenvalue weighted by molar-refractivity contribution is 6.41. The highest BCUT2D eigenvalue weighted by Crippen LogP contribution is 2.36. The Hall–Kier alpha value is -5.16. The second-order valence-electron chi connectivity index (χ2n) is 12.7. The summed E-state index contributed by atoms with van der Waals surface area (Å²) in [4.78, 5) is 77.6. The van der Waals surface area contributed by atoms with Crippen LogP contribution in [0.15, 0.2) is 105 Å². The Bertz CT molecular complexity index is 2490. The molecular formula is C40H26Cl8N8O6. The number of rotatable bonds is 14. The zero-order valence-corrected chi connectivity index (χ0v) is 37.5. The van der Waals surface area contributed by atoms with Gasteiger partial charge in [0.25, 0.3) is 23.6 Å². The maximum Gasteiger partial charge on any atom is 0.258 e. The Kier molecular flexibility index (Phi) is 16.4. The van der Waals surface area contributed by atoms with E-state index in [9.17, 15) is 28.8 Å². The van der Waals surface area contributed by atoms with Crippen molar-refractivity contribution >= 4 is 162 Å². The van der Waals surface area contributed by atoms with Crippen LogP contribution in [0, 0.1) is 0 Å². The van der Waals surface area contributed by atoms with Crippen molar-refractivity contribution in [3.8, 4) is 0 Å². The fourth-order valence-corrected chi connectivity index (χ4v) is 6.80. The largest absolute Gasteiger partial charge is 0.322 e. The number of azo groups is 2. The number of Topliss-reactive ketones (excluding diaryl/α,β-unsaturated/α-hetero) is 2. The molecule has 5 rings (SSSR count). The van der Waals surface area contributed by atoms with Crippen molar-refractivity contribution in [1.29, 1.82) is 0 Å². The third-order valence-corrected chi connectivity index (χ3v) is 10.7. The van der Waals surface area contributed by atoms with E-state index in [2.05, 4.69) is 41.7 Å². The molecule has 0 aliphatic rings. The van der Waals surface area contributed by atoms with Gasteiger partial charge in [-0.15, -0.1) is 0 Å². The van der Waals surface area contributed by atoms with Crippen molar-refractivity contribution in [1.82, 2.24) is 0 Å². The molecule has 0 spiro atoms. The molecule has 0 heterocycles. The molecule has 2 unspecified atom stereocenters. The first-order chi connectivity index (χ1) is 29.3. The van der Waals surface area contributed by atoms with E-state index in [-0.39, 0.29) is 85.4 Å². The first-order valence-electron chi connectivity index (χ1n) is 17.4. The fourth-order valence-electron chi connectivity index (χ4n) is 5.08. The van der Waals surface area contributed by atoms with Crippen molar-refractivity contribution < 1.29 is 28.8 Å². The molecule has 0 bridgehead atoms. The smallest absolute Gasteiger partial charge is 0.258 e. The molecule has 318 valence electrons. The molecule has 0 saturated carbocycles. The Balaban J connectivity index is 1.27. The zero-order valence-electron chi connectivity index (χ0n) is 31.5. The quantitative estimate of drug-likeness (QED) is 0.0630. The van der Waals surface area contributed by atoms with Gasteiger partial charge in [0.05, 0.1) is 62.9 Å². The third-order valence-electron chi connectivity index (χ3n) is 8.22. The lowest BCUT2D eigenvalue weighted by Gasteiger charge is -2.15. The highest BCUT2D eigenvalue weighted by Gasteiger charge is 2.27. The molecular weight excluding hydrogens is 972 g/mol. The van der Waals surface area contributed by atoms with Gasteiger partial charge >= 0.3 is 0 Å². The van der Waals surface area contributed by atoms with Gasteiger partial charge in [0.1, 0.15) is 11.4 Å². The molecule has 0 saturated heterocycles. The molecule has 4 N–H and O–H groups in total. The van der Waals surface area contributed by atoms with E-state index in [0.717, 1.165) is 13.8 Å². The number of halogens is 8. The molecule has 0 aliphatic carbocycles. The van der Waals surface area contributed by atoms with Gasteiger partial charge in [-0.05, 0) is 86.6 Å². The van der Waals surface area contributed by atoms with Gasteiger partial charge in [-0.3, -0.25) is 28.8 Å². The van der Waals surface area contributed by atoms with Crippen LogP contribution in [0.3, 0.4) is 0 Å². The standard InChI is InChI=1S/C40H26Cl8N8O6/c1-17(57)33(55-53-31-13-19(9-11-21(31)41)37(59)51-35-23(43)5-3-6-24(35)44)39(61)49-29-15-28(48)30(16-27(29)47)50-40(62)34(18(2)58)56-54-32-14-20(10-12-22(32)42)38(60)52-36-25(45)7-4-8-26(36)46/h3-16,33-34H,1-2H3,(H,49,61)(H,50,62)(H,51,59)(H,52,60). The summed E-state index contributed by atoms with van der Waals surface area (Å²) >= 11 is 50.1.